The van der Waals surface area contributed by atoms with Gasteiger partial charge < -0.3 is 10.1 Å². The molecule has 7 heteroatoms. The van der Waals surface area contributed by atoms with Gasteiger partial charge in [0.25, 0.3) is 0 Å². The highest BCUT2D eigenvalue weighted by molar-refractivity contribution is 5.89. The third kappa shape index (κ3) is 5.16. The van der Waals surface area contributed by atoms with Crippen LogP contribution in [-0.4, -0.2) is 40.6 Å². The first-order valence-corrected chi connectivity index (χ1v) is 11.1. The number of urea groups is 1. The van der Waals surface area contributed by atoms with Crippen LogP contribution in [0.25, 0.3) is 11.3 Å². The van der Waals surface area contributed by atoms with Crippen LogP contribution in [0, 0.1) is 12.8 Å². The first-order valence-electron chi connectivity index (χ1n) is 11.1. The zero-order valence-corrected chi connectivity index (χ0v) is 18.9. The predicted molar refractivity (Wildman–Crippen MR) is 126 cm³/mol. The fraction of sp³-hybridized carbons (Fsp3) is 0.400. The minimum Gasteiger partial charge on any atom is -0.385 e. The summed E-state index contributed by atoms with van der Waals surface area (Å²) in [6, 6.07) is 16.1. The number of methoxy groups -OCH3 is 1. The predicted octanol–water partition coefficient (Wildman–Crippen LogP) is 4.51. The van der Waals surface area contributed by atoms with Gasteiger partial charge in [-0.15, -0.1) is 0 Å². The van der Waals surface area contributed by atoms with E-state index in [-0.39, 0.29) is 12.1 Å². The van der Waals surface area contributed by atoms with Gasteiger partial charge in [-0.3, -0.25) is 15.0 Å². The number of hydrogen-bond acceptors (Lipinski definition) is 4. The molecule has 4 rings (SSSR count). The van der Waals surface area contributed by atoms with Gasteiger partial charge in [-0.05, 0) is 49.8 Å². The van der Waals surface area contributed by atoms with E-state index in [4.69, 9.17) is 4.74 Å². The molecule has 1 saturated carbocycles. The number of anilines is 1. The van der Waals surface area contributed by atoms with Gasteiger partial charge in [-0.25, -0.2) is 4.79 Å². The molecular weight excluding hydrogens is 402 g/mol. The number of nitrogens with zero attached hydrogens (tertiary/aromatic N) is 3. The minimum atomic E-state index is -0.208. The van der Waals surface area contributed by atoms with Crippen molar-refractivity contribution in [1.82, 2.24) is 20.1 Å². The molecule has 0 aliphatic heterocycles. The Morgan fingerprint density at radius 1 is 1.19 bits per heavy atom. The summed E-state index contributed by atoms with van der Waals surface area (Å²) in [4.78, 5) is 17.2. The lowest BCUT2D eigenvalue weighted by atomic mass is 9.93. The van der Waals surface area contributed by atoms with Gasteiger partial charge >= 0.3 is 6.03 Å². The lowest BCUT2D eigenvalue weighted by Crippen LogP contribution is -2.39. The number of amides is 2. The molecule has 0 bridgehead atoms. The molecule has 2 amide bonds. The third-order valence-electron chi connectivity index (χ3n) is 6.26. The van der Waals surface area contributed by atoms with Crippen molar-refractivity contribution in [3.05, 3.63) is 66.0 Å². The normalized spacial score (nSPS) is 20.3. The molecule has 1 unspecified atom stereocenters. The summed E-state index contributed by atoms with van der Waals surface area (Å²) in [5.74, 6) is 1.47. The first-order chi connectivity index (χ1) is 15.5. The van der Waals surface area contributed by atoms with Crippen LogP contribution in [0.15, 0.2) is 54.7 Å². The molecule has 2 aromatic heterocycles. The third-order valence-corrected chi connectivity index (χ3v) is 6.26. The summed E-state index contributed by atoms with van der Waals surface area (Å²) in [6.07, 6.45) is 4.80. The second kappa shape index (κ2) is 9.96. The molecule has 2 N–H and O–H groups in total. The van der Waals surface area contributed by atoms with E-state index in [9.17, 15) is 4.79 Å². The molecular formula is C25H31N5O2. The van der Waals surface area contributed by atoms with Crippen LogP contribution in [-0.2, 0) is 11.8 Å². The standard InChI is InChI=1S/C25H31N5O2/c1-17-9-10-20(16-26-17)22-15-24(30(2)29-22)28-25(31)27-23-14-18(11-12-32-3)13-21(23)19-7-5-4-6-8-19/h4-10,15-16,18,21,23H,11-14H2,1-3H3,(H2,27,28,31)/t18?,21-,23+/m0/s1. The van der Waals surface area contributed by atoms with Crippen molar-refractivity contribution in [1.29, 1.82) is 0 Å². The van der Waals surface area contributed by atoms with Crippen molar-refractivity contribution in [2.45, 2.75) is 38.1 Å². The van der Waals surface area contributed by atoms with Gasteiger partial charge in [0, 0.05) is 56.2 Å². The second-order valence-corrected chi connectivity index (χ2v) is 8.57. The number of benzene rings is 1. The number of carbonyl (C=O) groups excluding carboxylic acids is 1. The number of aryl methyl sites for hydroxylation is 2. The van der Waals surface area contributed by atoms with E-state index < -0.39 is 0 Å². The van der Waals surface area contributed by atoms with Crippen molar-refractivity contribution < 1.29 is 9.53 Å². The van der Waals surface area contributed by atoms with Crippen LogP contribution in [0.2, 0.25) is 0 Å². The van der Waals surface area contributed by atoms with E-state index in [1.54, 1.807) is 18.0 Å². The van der Waals surface area contributed by atoms with E-state index in [2.05, 4.69) is 45.0 Å². The van der Waals surface area contributed by atoms with E-state index in [0.29, 0.717) is 17.7 Å². The second-order valence-electron chi connectivity index (χ2n) is 8.57. The lowest BCUT2D eigenvalue weighted by molar-refractivity contribution is 0.177. The van der Waals surface area contributed by atoms with Crippen molar-refractivity contribution in [3.8, 4) is 11.3 Å². The zero-order chi connectivity index (χ0) is 22.5. The Bertz CT molecular complexity index is 1030. The van der Waals surface area contributed by atoms with Crippen molar-refractivity contribution in [2.24, 2.45) is 13.0 Å². The maximum absolute atomic E-state index is 12.9. The van der Waals surface area contributed by atoms with Crippen LogP contribution < -0.4 is 10.6 Å². The molecule has 3 aromatic rings. The molecule has 7 nitrogen and oxygen atoms in total. The molecule has 1 fully saturated rings. The summed E-state index contributed by atoms with van der Waals surface area (Å²) < 4.78 is 6.96. The number of aromatic nitrogens is 3. The van der Waals surface area contributed by atoms with E-state index >= 15 is 0 Å². The summed E-state index contributed by atoms with van der Waals surface area (Å²) in [6.45, 7) is 2.70. The number of nitrogens with one attached hydrogen (secondary N) is 2. The molecule has 32 heavy (non-hydrogen) atoms. The fourth-order valence-electron chi connectivity index (χ4n) is 4.56. The highest BCUT2D eigenvalue weighted by Gasteiger charge is 2.36. The molecule has 3 atom stereocenters. The summed E-state index contributed by atoms with van der Waals surface area (Å²) in [5, 5.41) is 10.7. The Labute approximate surface area is 189 Å². The Hall–Kier alpha value is -3.19. The van der Waals surface area contributed by atoms with Crippen LogP contribution in [0.1, 0.15) is 36.4 Å². The number of rotatable bonds is 7. The number of hydrogen-bond donors (Lipinski definition) is 2. The monoisotopic (exact) mass is 433 g/mol. The summed E-state index contributed by atoms with van der Waals surface area (Å²) >= 11 is 0. The van der Waals surface area contributed by atoms with Gasteiger partial charge in [0.1, 0.15) is 5.82 Å². The van der Waals surface area contributed by atoms with Crippen LogP contribution in [0.4, 0.5) is 10.6 Å². The van der Waals surface area contributed by atoms with E-state index in [1.807, 2.05) is 38.2 Å². The van der Waals surface area contributed by atoms with E-state index in [1.165, 1.54) is 5.56 Å². The largest absolute Gasteiger partial charge is 0.385 e. The number of carbonyl (C=O) groups is 1. The molecule has 0 radical (unpaired) electrons. The molecule has 1 aromatic carbocycles. The highest BCUT2D eigenvalue weighted by atomic mass is 16.5. The Morgan fingerprint density at radius 2 is 2.00 bits per heavy atom. The maximum Gasteiger partial charge on any atom is 0.320 e. The molecule has 0 spiro atoms. The number of pyridine rings is 1. The maximum atomic E-state index is 12.9. The van der Waals surface area contributed by atoms with Crippen molar-refractivity contribution in [3.63, 3.8) is 0 Å². The van der Waals surface area contributed by atoms with Gasteiger partial charge in [-0.2, -0.15) is 5.10 Å². The molecule has 1 aliphatic rings. The van der Waals surface area contributed by atoms with E-state index in [0.717, 1.165) is 42.8 Å². The van der Waals surface area contributed by atoms with Crippen LogP contribution in [0.3, 0.4) is 0 Å². The first kappa shape index (κ1) is 22.0. The highest BCUT2D eigenvalue weighted by Crippen LogP contribution is 2.40. The van der Waals surface area contributed by atoms with Gasteiger partial charge in [-0.1, -0.05) is 30.3 Å². The molecule has 2 heterocycles. The SMILES string of the molecule is COCCC1C[C@@H](NC(=O)Nc2cc(-c3ccc(C)nc3)nn2C)[C@H](c2ccccc2)C1. The fourth-order valence-corrected chi connectivity index (χ4v) is 4.56. The van der Waals surface area contributed by atoms with Crippen LogP contribution in [0.5, 0.6) is 0 Å². The van der Waals surface area contributed by atoms with Gasteiger partial charge in [0.15, 0.2) is 0 Å². The average molecular weight is 434 g/mol. The quantitative estimate of drug-likeness (QED) is 0.574. The summed E-state index contributed by atoms with van der Waals surface area (Å²) in [5.41, 5.74) is 3.92. The topological polar surface area (TPSA) is 81.1 Å². The molecule has 0 saturated heterocycles. The number of ether oxygens (including phenoxy) is 1. The Kier molecular flexibility index (Phi) is 6.85. The Morgan fingerprint density at radius 3 is 2.72 bits per heavy atom. The van der Waals surface area contributed by atoms with Crippen molar-refractivity contribution >= 4 is 11.8 Å². The lowest BCUT2D eigenvalue weighted by Gasteiger charge is -2.21. The Balaban J connectivity index is 1.44. The molecule has 1 aliphatic carbocycles. The average Bonchev–Trinajstić information content (AvgIpc) is 3.36. The van der Waals surface area contributed by atoms with Crippen molar-refractivity contribution in [2.75, 3.05) is 19.0 Å². The minimum absolute atomic E-state index is 0.0771. The van der Waals surface area contributed by atoms with Gasteiger partial charge in [0.2, 0.25) is 0 Å². The van der Waals surface area contributed by atoms with Crippen LogP contribution >= 0.6 is 0 Å². The smallest absolute Gasteiger partial charge is 0.320 e. The molecule has 168 valence electrons. The summed E-state index contributed by atoms with van der Waals surface area (Å²) in [7, 11) is 3.56. The zero-order valence-electron chi connectivity index (χ0n) is 18.9. The van der Waals surface area contributed by atoms with Gasteiger partial charge in [0.05, 0.1) is 5.69 Å².